The van der Waals surface area contributed by atoms with Gasteiger partial charge in [0.25, 0.3) is 0 Å². The van der Waals surface area contributed by atoms with Crippen molar-refractivity contribution in [2.75, 3.05) is 11.9 Å². The summed E-state index contributed by atoms with van der Waals surface area (Å²) in [5.41, 5.74) is -7.50. The average Bonchev–Trinajstić information content (AvgIpc) is 2.70. The molecule has 1 unspecified atom stereocenters. The molecule has 0 aromatic heterocycles. The van der Waals surface area contributed by atoms with Gasteiger partial charge in [-0.1, -0.05) is 5.92 Å². The summed E-state index contributed by atoms with van der Waals surface area (Å²) >= 11 is 0. The summed E-state index contributed by atoms with van der Waals surface area (Å²) < 4.78 is 105. The van der Waals surface area contributed by atoms with Gasteiger partial charge in [-0.3, -0.25) is 0 Å². The molecular formula is C19H18F6N2O2S. The fraction of sp³-hybridized carbons (Fsp3) is 0.579. The predicted octanol–water partition coefficient (Wildman–Crippen LogP) is 4.32. The number of halogens is 6. The largest absolute Gasteiger partial charge is 0.511 e. The van der Waals surface area contributed by atoms with E-state index in [9.17, 15) is 34.8 Å². The molecule has 1 aromatic rings. The molecule has 1 N–H and O–H groups in total. The Kier molecular flexibility index (Phi) is 4.64. The smallest absolute Gasteiger partial charge is 0.380 e. The lowest BCUT2D eigenvalue weighted by molar-refractivity contribution is -0.137. The van der Waals surface area contributed by atoms with Gasteiger partial charge in [-0.2, -0.15) is 30.6 Å². The zero-order valence-corrected chi connectivity index (χ0v) is 16.6. The maximum absolute atomic E-state index is 13.5. The Bertz CT molecular complexity index is 1030. The highest BCUT2D eigenvalue weighted by molar-refractivity contribution is 7.89. The molecule has 3 fully saturated rings. The standard InChI is InChI=1S/C19H18F6N2O2S/c1-2-3-12-13-9-27(30(28,29)19(23,24)25)10-16(17-6-11(7-17)8-17)26-15(13)5-4-14(12)18(20,21)22/h4-5,11,16,26H,6-10H2,1H3. The van der Waals surface area contributed by atoms with Crippen LogP contribution < -0.4 is 5.32 Å². The first-order valence-corrected chi connectivity index (χ1v) is 10.7. The minimum atomic E-state index is -5.74. The number of nitrogens with zero attached hydrogens (tertiary/aromatic N) is 1. The van der Waals surface area contributed by atoms with Gasteiger partial charge in [0, 0.05) is 35.9 Å². The quantitative estimate of drug-likeness (QED) is 0.537. The molecule has 3 aliphatic carbocycles. The molecule has 3 saturated carbocycles. The summed E-state index contributed by atoms with van der Waals surface area (Å²) in [6.07, 6.45) is -2.49. The van der Waals surface area contributed by atoms with Crippen molar-refractivity contribution >= 4 is 15.7 Å². The second kappa shape index (κ2) is 6.53. The Labute approximate surface area is 169 Å². The van der Waals surface area contributed by atoms with E-state index in [0.717, 1.165) is 31.4 Å². The van der Waals surface area contributed by atoms with Crippen LogP contribution in [0.5, 0.6) is 0 Å². The van der Waals surface area contributed by atoms with Gasteiger partial charge in [-0.15, -0.1) is 5.92 Å². The number of rotatable bonds is 2. The number of alkyl halides is 6. The van der Waals surface area contributed by atoms with E-state index in [0.29, 0.717) is 5.92 Å². The third-order valence-corrected chi connectivity index (χ3v) is 7.92. The summed E-state index contributed by atoms with van der Waals surface area (Å²) in [5, 5.41) is 3.06. The molecule has 11 heteroatoms. The second-order valence-electron chi connectivity index (χ2n) is 8.17. The number of anilines is 1. The maximum atomic E-state index is 13.5. The summed E-state index contributed by atoms with van der Waals surface area (Å²) in [5.74, 6) is 5.17. The normalized spacial score (nSPS) is 28.8. The van der Waals surface area contributed by atoms with Crippen molar-refractivity contribution in [3.63, 3.8) is 0 Å². The Morgan fingerprint density at radius 2 is 1.77 bits per heavy atom. The molecule has 2 bridgehead atoms. The number of sulfonamides is 1. The fourth-order valence-corrected chi connectivity index (χ4v) is 5.71. The van der Waals surface area contributed by atoms with Gasteiger partial charge < -0.3 is 5.32 Å². The molecule has 164 valence electrons. The maximum Gasteiger partial charge on any atom is 0.511 e. The number of benzene rings is 1. The van der Waals surface area contributed by atoms with E-state index < -0.39 is 52.0 Å². The zero-order chi connectivity index (χ0) is 22.1. The van der Waals surface area contributed by atoms with Crippen LogP contribution in [-0.4, -0.2) is 30.8 Å². The van der Waals surface area contributed by atoms with Crippen LogP contribution in [0.1, 0.15) is 42.9 Å². The highest BCUT2D eigenvalue weighted by Gasteiger charge is 2.62. The molecule has 1 aliphatic heterocycles. The monoisotopic (exact) mass is 452 g/mol. The van der Waals surface area contributed by atoms with Gasteiger partial charge in [-0.25, -0.2) is 8.42 Å². The van der Waals surface area contributed by atoms with E-state index in [1.807, 2.05) is 0 Å². The van der Waals surface area contributed by atoms with Gasteiger partial charge in [-0.05, 0) is 49.7 Å². The summed E-state index contributed by atoms with van der Waals surface area (Å²) in [6, 6.07) is 1.36. The van der Waals surface area contributed by atoms with Crippen molar-refractivity contribution in [1.29, 1.82) is 0 Å². The number of hydrogen-bond donors (Lipinski definition) is 1. The highest BCUT2D eigenvalue weighted by Crippen LogP contribution is 2.67. The molecule has 4 nitrogen and oxygen atoms in total. The molecule has 5 rings (SSSR count). The van der Waals surface area contributed by atoms with Gasteiger partial charge in [0.15, 0.2) is 0 Å². The minimum absolute atomic E-state index is 0.190. The third-order valence-electron chi connectivity index (χ3n) is 6.38. The first-order valence-electron chi connectivity index (χ1n) is 9.27. The first kappa shape index (κ1) is 21.3. The highest BCUT2D eigenvalue weighted by atomic mass is 32.2. The van der Waals surface area contributed by atoms with Crippen LogP contribution in [0.3, 0.4) is 0 Å². The van der Waals surface area contributed by atoms with E-state index >= 15 is 0 Å². The van der Waals surface area contributed by atoms with E-state index in [2.05, 4.69) is 17.2 Å². The first-order chi connectivity index (χ1) is 13.8. The lowest BCUT2D eigenvalue weighted by Gasteiger charge is -2.65. The SMILES string of the molecule is CC#Cc1c(C(F)(F)F)ccc2c1CN(S(=O)(=O)C(F)(F)F)CC(C13CC(C1)C3)N2. The summed E-state index contributed by atoms with van der Waals surface area (Å²) in [6.45, 7) is -0.00373. The number of nitrogens with one attached hydrogen (secondary N) is 1. The number of hydrogen-bond acceptors (Lipinski definition) is 3. The van der Waals surface area contributed by atoms with Crippen LogP contribution in [0.25, 0.3) is 0 Å². The lowest BCUT2D eigenvalue weighted by atomic mass is 9.42. The average molecular weight is 452 g/mol. The van der Waals surface area contributed by atoms with E-state index in [-0.39, 0.29) is 21.0 Å². The zero-order valence-electron chi connectivity index (χ0n) is 15.8. The second-order valence-corrected chi connectivity index (χ2v) is 10.1. The van der Waals surface area contributed by atoms with Crippen LogP contribution in [0.4, 0.5) is 32.0 Å². The molecule has 1 atom stereocenters. The topological polar surface area (TPSA) is 49.4 Å². The van der Waals surface area contributed by atoms with E-state index in [4.69, 9.17) is 0 Å². The lowest BCUT2D eigenvalue weighted by Crippen LogP contribution is -2.63. The van der Waals surface area contributed by atoms with Crippen molar-refractivity contribution in [1.82, 2.24) is 4.31 Å². The van der Waals surface area contributed by atoms with Crippen molar-refractivity contribution in [3.05, 3.63) is 28.8 Å². The Morgan fingerprint density at radius 1 is 1.13 bits per heavy atom. The predicted molar refractivity (Wildman–Crippen MR) is 96.6 cm³/mol. The molecule has 0 saturated heterocycles. The molecule has 1 aromatic carbocycles. The Balaban J connectivity index is 1.87. The van der Waals surface area contributed by atoms with Gasteiger partial charge in [0.05, 0.1) is 5.56 Å². The molecule has 0 amide bonds. The molecule has 30 heavy (non-hydrogen) atoms. The van der Waals surface area contributed by atoms with Gasteiger partial charge in [0.2, 0.25) is 0 Å². The van der Waals surface area contributed by atoms with E-state index in [1.54, 1.807) is 0 Å². The van der Waals surface area contributed by atoms with Crippen molar-refractivity contribution in [2.45, 2.75) is 50.5 Å². The Morgan fingerprint density at radius 3 is 2.23 bits per heavy atom. The van der Waals surface area contributed by atoms with Crippen molar-refractivity contribution in [3.8, 4) is 11.8 Å². The summed E-state index contributed by atoms with van der Waals surface area (Å²) in [4.78, 5) is 0. The van der Waals surface area contributed by atoms with Crippen LogP contribution in [0, 0.1) is 23.2 Å². The van der Waals surface area contributed by atoms with Crippen LogP contribution in [-0.2, 0) is 22.7 Å². The molecule has 0 spiro atoms. The van der Waals surface area contributed by atoms with E-state index in [1.165, 1.54) is 6.92 Å². The Hall–Kier alpha value is -1.93. The van der Waals surface area contributed by atoms with Crippen LogP contribution in [0.2, 0.25) is 0 Å². The molecule has 4 aliphatic rings. The van der Waals surface area contributed by atoms with Crippen molar-refractivity contribution < 1.29 is 34.8 Å². The third kappa shape index (κ3) is 3.15. The van der Waals surface area contributed by atoms with Crippen molar-refractivity contribution in [2.24, 2.45) is 11.3 Å². The fourth-order valence-electron chi connectivity index (χ4n) is 4.78. The summed E-state index contributed by atoms with van der Waals surface area (Å²) in [7, 11) is -5.74. The van der Waals surface area contributed by atoms with Crippen LogP contribution >= 0.6 is 0 Å². The molecular weight excluding hydrogens is 434 g/mol. The molecule has 0 radical (unpaired) electrons. The minimum Gasteiger partial charge on any atom is -0.380 e. The molecule has 1 heterocycles. The van der Waals surface area contributed by atoms with Gasteiger partial charge >= 0.3 is 21.7 Å². The number of fused-ring (bicyclic) bond motifs is 1. The van der Waals surface area contributed by atoms with Gasteiger partial charge in [0.1, 0.15) is 0 Å². The van der Waals surface area contributed by atoms with Crippen LogP contribution in [0.15, 0.2) is 12.1 Å².